The van der Waals surface area contributed by atoms with Gasteiger partial charge in [-0.1, -0.05) is 12.1 Å². The van der Waals surface area contributed by atoms with Crippen LogP contribution in [0.2, 0.25) is 0 Å². The largest absolute Gasteiger partial charge is 0.416 e. The average Bonchev–Trinajstić information content (AvgIpc) is 2.28. The third-order valence-electron chi connectivity index (χ3n) is 2.83. The number of piperazine rings is 1. The maximum Gasteiger partial charge on any atom is 0.416 e. The van der Waals surface area contributed by atoms with Crippen LogP contribution in [-0.2, 0) is 11.0 Å². The molecule has 1 aromatic rings. The molecule has 3 nitrogen and oxygen atoms in total. The van der Waals surface area contributed by atoms with Crippen LogP contribution in [0.4, 0.5) is 13.2 Å². The number of carbonyl (C=O) groups is 1. The van der Waals surface area contributed by atoms with Crippen molar-refractivity contribution in [2.24, 2.45) is 0 Å². The van der Waals surface area contributed by atoms with Crippen LogP contribution in [0.1, 0.15) is 24.1 Å². The molecule has 2 rings (SSSR count). The maximum absolute atomic E-state index is 12.6. The first-order chi connectivity index (χ1) is 8.38. The zero-order valence-corrected chi connectivity index (χ0v) is 9.71. The molecule has 1 amide bonds. The van der Waals surface area contributed by atoms with Gasteiger partial charge in [0, 0.05) is 12.6 Å². The number of nitrogens with one attached hydrogen (secondary N) is 2. The van der Waals surface area contributed by atoms with Crippen molar-refractivity contribution in [3.63, 3.8) is 0 Å². The molecule has 1 aliphatic heterocycles. The highest BCUT2D eigenvalue weighted by Gasteiger charge is 2.32. The second kappa shape index (κ2) is 4.61. The summed E-state index contributed by atoms with van der Waals surface area (Å²) >= 11 is 0. The molecule has 18 heavy (non-hydrogen) atoms. The Morgan fingerprint density at radius 3 is 2.67 bits per heavy atom. The van der Waals surface area contributed by atoms with Gasteiger partial charge in [-0.05, 0) is 24.6 Å². The molecule has 0 saturated carbocycles. The molecule has 1 aliphatic rings. The minimum absolute atomic E-state index is 0.0143. The minimum Gasteiger partial charge on any atom is -0.351 e. The second-order valence-corrected chi connectivity index (χ2v) is 4.37. The molecule has 6 heteroatoms. The Morgan fingerprint density at radius 1 is 1.33 bits per heavy atom. The highest BCUT2D eigenvalue weighted by molar-refractivity contribution is 5.84. The number of rotatable bonds is 1. The highest BCUT2D eigenvalue weighted by atomic mass is 19.4. The van der Waals surface area contributed by atoms with Crippen molar-refractivity contribution < 1.29 is 18.0 Å². The van der Waals surface area contributed by atoms with Crippen molar-refractivity contribution in [1.29, 1.82) is 0 Å². The zero-order chi connectivity index (χ0) is 13.3. The molecule has 1 unspecified atom stereocenters. The SMILES string of the molecule is C[C@@H]1CNC(c2cccc(C(F)(F)F)c2)C(=O)N1. The highest BCUT2D eigenvalue weighted by Crippen LogP contribution is 2.31. The third-order valence-corrected chi connectivity index (χ3v) is 2.83. The van der Waals surface area contributed by atoms with E-state index >= 15 is 0 Å². The topological polar surface area (TPSA) is 41.1 Å². The molecule has 1 aromatic carbocycles. The van der Waals surface area contributed by atoms with Crippen LogP contribution in [-0.4, -0.2) is 18.5 Å². The summed E-state index contributed by atoms with van der Waals surface area (Å²) in [5.41, 5.74) is -0.414. The molecule has 0 aromatic heterocycles. The first-order valence-electron chi connectivity index (χ1n) is 5.59. The van der Waals surface area contributed by atoms with Crippen LogP contribution in [0.15, 0.2) is 24.3 Å². The van der Waals surface area contributed by atoms with Gasteiger partial charge in [-0.2, -0.15) is 13.2 Å². The number of carbonyl (C=O) groups excluding carboxylic acids is 1. The molecule has 0 spiro atoms. The van der Waals surface area contributed by atoms with Crippen LogP contribution < -0.4 is 10.6 Å². The van der Waals surface area contributed by atoms with Gasteiger partial charge in [0.05, 0.1) is 5.56 Å². The van der Waals surface area contributed by atoms with Gasteiger partial charge in [-0.15, -0.1) is 0 Å². The van der Waals surface area contributed by atoms with E-state index in [1.807, 2.05) is 6.92 Å². The first-order valence-corrected chi connectivity index (χ1v) is 5.59. The van der Waals surface area contributed by atoms with Crippen molar-refractivity contribution in [1.82, 2.24) is 10.6 Å². The Balaban J connectivity index is 2.26. The van der Waals surface area contributed by atoms with E-state index in [2.05, 4.69) is 10.6 Å². The maximum atomic E-state index is 12.6. The Hall–Kier alpha value is -1.56. The van der Waals surface area contributed by atoms with E-state index < -0.39 is 17.8 Å². The molecule has 0 radical (unpaired) electrons. The van der Waals surface area contributed by atoms with Crippen LogP contribution in [0.25, 0.3) is 0 Å². The molecule has 1 heterocycles. The summed E-state index contributed by atoms with van der Waals surface area (Å²) in [6, 6.07) is 4.09. The van der Waals surface area contributed by atoms with E-state index in [0.29, 0.717) is 12.1 Å². The van der Waals surface area contributed by atoms with Crippen molar-refractivity contribution in [3.05, 3.63) is 35.4 Å². The summed E-state index contributed by atoms with van der Waals surface area (Å²) in [6.45, 7) is 2.36. The molecule has 98 valence electrons. The number of halogens is 3. The van der Waals surface area contributed by atoms with Crippen LogP contribution in [0.3, 0.4) is 0 Å². The normalized spacial score (nSPS) is 24.8. The fourth-order valence-electron chi connectivity index (χ4n) is 1.93. The summed E-state index contributed by atoms with van der Waals surface area (Å²) in [4.78, 5) is 11.7. The number of hydrogen-bond acceptors (Lipinski definition) is 2. The van der Waals surface area contributed by atoms with E-state index in [1.165, 1.54) is 12.1 Å². The molecular weight excluding hydrogens is 245 g/mol. The third kappa shape index (κ3) is 2.64. The monoisotopic (exact) mass is 258 g/mol. The fourth-order valence-corrected chi connectivity index (χ4v) is 1.93. The zero-order valence-electron chi connectivity index (χ0n) is 9.71. The smallest absolute Gasteiger partial charge is 0.351 e. The van der Waals surface area contributed by atoms with Crippen molar-refractivity contribution in [2.45, 2.75) is 25.2 Å². The summed E-state index contributed by atoms with van der Waals surface area (Å²) < 4.78 is 37.7. The van der Waals surface area contributed by atoms with Gasteiger partial charge >= 0.3 is 6.18 Å². The van der Waals surface area contributed by atoms with Gasteiger partial charge in [0.2, 0.25) is 5.91 Å². The quantitative estimate of drug-likeness (QED) is 0.807. The summed E-state index contributed by atoms with van der Waals surface area (Å²) in [6.07, 6.45) is -4.39. The minimum atomic E-state index is -4.39. The predicted molar refractivity (Wildman–Crippen MR) is 59.8 cm³/mol. The average molecular weight is 258 g/mol. The lowest BCUT2D eigenvalue weighted by Gasteiger charge is -2.28. The lowest BCUT2D eigenvalue weighted by atomic mass is 10.0. The Morgan fingerprint density at radius 2 is 2.06 bits per heavy atom. The van der Waals surface area contributed by atoms with E-state index in [9.17, 15) is 18.0 Å². The van der Waals surface area contributed by atoms with Crippen LogP contribution in [0.5, 0.6) is 0 Å². The number of hydrogen-bond donors (Lipinski definition) is 2. The fraction of sp³-hybridized carbons (Fsp3) is 0.417. The summed E-state index contributed by atoms with van der Waals surface area (Å²) in [7, 11) is 0. The van der Waals surface area contributed by atoms with E-state index in [4.69, 9.17) is 0 Å². The lowest BCUT2D eigenvalue weighted by molar-refractivity contribution is -0.137. The van der Waals surface area contributed by atoms with Crippen molar-refractivity contribution in [2.75, 3.05) is 6.54 Å². The predicted octanol–water partition coefficient (Wildman–Crippen LogP) is 1.85. The molecule has 1 fully saturated rings. The Kier molecular flexibility index (Phi) is 3.30. The molecule has 0 aliphatic carbocycles. The van der Waals surface area contributed by atoms with Crippen molar-refractivity contribution in [3.8, 4) is 0 Å². The standard InChI is InChI=1S/C12H13F3N2O/c1-7-6-16-10(11(18)17-7)8-3-2-4-9(5-8)12(13,14)15/h2-5,7,10,16H,6H2,1H3,(H,17,18)/t7-,10?/m1/s1. The van der Waals surface area contributed by atoms with Gasteiger partial charge in [-0.25, -0.2) is 0 Å². The molecule has 0 bridgehead atoms. The molecular formula is C12H13F3N2O. The lowest BCUT2D eigenvalue weighted by Crippen LogP contribution is -2.52. The van der Waals surface area contributed by atoms with E-state index in [1.54, 1.807) is 0 Å². The Bertz CT molecular complexity index is 459. The molecule has 2 atom stereocenters. The summed E-state index contributed by atoms with van der Waals surface area (Å²) in [5, 5.41) is 5.64. The number of amides is 1. The van der Waals surface area contributed by atoms with E-state index in [-0.39, 0.29) is 11.9 Å². The Labute approximate surface area is 102 Å². The van der Waals surface area contributed by atoms with Gasteiger partial charge < -0.3 is 10.6 Å². The van der Waals surface area contributed by atoms with E-state index in [0.717, 1.165) is 12.1 Å². The van der Waals surface area contributed by atoms with Crippen LogP contribution >= 0.6 is 0 Å². The second-order valence-electron chi connectivity index (χ2n) is 4.37. The van der Waals surface area contributed by atoms with Gasteiger partial charge in [0.25, 0.3) is 0 Å². The number of benzene rings is 1. The molecule has 1 saturated heterocycles. The van der Waals surface area contributed by atoms with Crippen LogP contribution in [0, 0.1) is 0 Å². The van der Waals surface area contributed by atoms with Gasteiger partial charge in [-0.3, -0.25) is 4.79 Å². The molecule has 2 N–H and O–H groups in total. The summed E-state index contributed by atoms with van der Waals surface area (Å²) in [5.74, 6) is -0.298. The number of alkyl halides is 3. The van der Waals surface area contributed by atoms with Crippen molar-refractivity contribution >= 4 is 5.91 Å². The van der Waals surface area contributed by atoms with Gasteiger partial charge in [0.15, 0.2) is 0 Å². The van der Waals surface area contributed by atoms with Gasteiger partial charge in [0.1, 0.15) is 6.04 Å². The first kappa shape index (κ1) is 12.9.